The second-order valence-electron chi connectivity index (χ2n) is 3.09. The Hall–Kier alpha value is -0.990. The molecule has 0 aliphatic rings. The fourth-order valence-electron chi connectivity index (χ4n) is 0.950. The highest BCUT2D eigenvalue weighted by Crippen LogP contribution is 2.32. The first-order chi connectivity index (χ1) is 8.46. The monoisotopic (exact) mass is 337 g/mol. The molecule has 0 bridgehead atoms. The van der Waals surface area contributed by atoms with Crippen LogP contribution in [0.5, 0.6) is 0 Å². The maximum Gasteiger partial charge on any atom is 0.380 e. The summed E-state index contributed by atoms with van der Waals surface area (Å²) in [5, 5.41) is -1.08. The van der Waals surface area contributed by atoms with Crippen molar-refractivity contribution in [3.8, 4) is 0 Å². The molecule has 0 N–H and O–H groups in total. The summed E-state index contributed by atoms with van der Waals surface area (Å²) >= 11 is 0. The van der Waals surface area contributed by atoms with Gasteiger partial charge in [-0.3, -0.25) is 4.79 Å². The minimum absolute atomic E-state index is 0.558. The summed E-state index contributed by atoms with van der Waals surface area (Å²) in [5.74, 6) is -1.33. The highest BCUT2D eigenvalue weighted by molar-refractivity contribution is 8.31. The van der Waals surface area contributed by atoms with Gasteiger partial charge in [-0.15, -0.1) is 5.12 Å². The van der Waals surface area contributed by atoms with E-state index >= 15 is 0 Å². The fourth-order valence-corrected chi connectivity index (χ4v) is 0.950. The van der Waals surface area contributed by atoms with Gasteiger partial charge in [-0.1, -0.05) is 34.8 Å². The first-order valence-corrected chi connectivity index (χ1v) is 7.64. The molecule has 0 unspecified atom stereocenters. The molecule has 1 aromatic rings. The maximum atomic E-state index is 13.1. The minimum atomic E-state index is -3.91. The van der Waals surface area contributed by atoms with Gasteiger partial charge in [0.15, 0.2) is 0 Å². The largest absolute Gasteiger partial charge is 0.380 e. The van der Waals surface area contributed by atoms with Crippen molar-refractivity contribution in [2.45, 2.75) is 13.0 Å². The lowest BCUT2D eigenvalue weighted by Crippen LogP contribution is -2.36. The zero-order chi connectivity index (χ0) is 15.3. The van der Waals surface area contributed by atoms with Crippen LogP contribution in [0.4, 0.5) is 13.3 Å². The molecule has 0 heterocycles. The van der Waals surface area contributed by atoms with E-state index in [4.69, 9.17) is 8.42 Å². The Labute approximate surface area is 116 Å². The molecule has 1 rings (SSSR count). The van der Waals surface area contributed by atoms with E-state index in [1.54, 1.807) is 0 Å². The number of halogens is 5. The molecule has 1 aromatic carbocycles. The van der Waals surface area contributed by atoms with Gasteiger partial charge >= 0.3 is 14.3 Å². The molecular weight excluding hydrogens is 330 g/mol. The van der Waals surface area contributed by atoms with Crippen molar-refractivity contribution in [3.63, 3.8) is 0 Å². The molecule has 10 heteroatoms. The first kappa shape index (κ1) is 18.0. The third kappa shape index (κ3) is 7.24. The number of amides is 1. The van der Waals surface area contributed by atoms with Crippen LogP contribution in [0.2, 0.25) is 0 Å². The molecule has 0 saturated carbocycles. The van der Waals surface area contributed by atoms with Crippen LogP contribution in [-0.4, -0.2) is 19.4 Å². The van der Waals surface area contributed by atoms with E-state index in [9.17, 15) is 18.1 Å². The van der Waals surface area contributed by atoms with Crippen LogP contribution in [0.3, 0.4) is 0 Å². The molecule has 0 fully saturated rings. The summed E-state index contributed by atoms with van der Waals surface area (Å²) < 4.78 is 57.3. The molecule has 0 aliphatic carbocycles. The van der Waals surface area contributed by atoms with Gasteiger partial charge in [0, 0.05) is 33.9 Å². The lowest BCUT2D eigenvalue weighted by molar-refractivity contribution is -0.236. The molecular formula is C9H8Cl2F3NO3S. The Morgan fingerprint density at radius 1 is 1.21 bits per heavy atom. The van der Waals surface area contributed by atoms with Crippen molar-refractivity contribution < 1.29 is 26.5 Å². The predicted octanol–water partition coefficient (Wildman–Crippen LogP) is 3.18. The van der Waals surface area contributed by atoms with Gasteiger partial charge in [0.1, 0.15) is 0 Å². The van der Waals surface area contributed by atoms with Crippen LogP contribution in [0.1, 0.15) is 12.5 Å². The number of hydrogen-bond donors (Lipinski definition) is 0. The number of benzene rings is 1. The zero-order valence-electron chi connectivity index (χ0n) is 9.36. The third-order valence-corrected chi connectivity index (χ3v) is 1.64. The van der Waals surface area contributed by atoms with E-state index in [2.05, 4.69) is 21.4 Å². The van der Waals surface area contributed by atoms with Gasteiger partial charge < -0.3 is 0 Å². The lowest BCUT2D eigenvalue weighted by atomic mass is 10.2. The van der Waals surface area contributed by atoms with Gasteiger partial charge in [-0.05, 0) is 0 Å². The van der Waals surface area contributed by atoms with Crippen LogP contribution in [0, 0.1) is 0 Å². The number of rotatable bonds is 2. The average molecular weight is 338 g/mol. The quantitative estimate of drug-likeness (QED) is 0.473. The number of hydrogen-bond acceptors (Lipinski definition) is 3. The lowest BCUT2D eigenvalue weighted by Gasteiger charge is -2.21. The summed E-state index contributed by atoms with van der Waals surface area (Å²) in [6, 6.07) is 2.41. The minimum Gasteiger partial charge on any atom is -0.272 e. The average Bonchev–Trinajstić information content (AvgIpc) is 2.26. The van der Waals surface area contributed by atoms with Gasteiger partial charge in [0.25, 0.3) is 5.91 Å². The zero-order valence-corrected chi connectivity index (χ0v) is 11.7. The molecule has 0 aromatic heterocycles. The van der Waals surface area contributed by atoms with E-state index in [-0.39, 0.29) is 0 Å². The van der Waals surface area contributed by atoms with Crippen molar-refractivity contribution in [2.75, 3.05) is 0 Å². The van der Waals surface area contributed by atoms with Crippen molar-refractivity contribution in [1.82, 2.24) is 5.12 Å². The van der Waals surface area contributed by atoms with Crippen LogP contribution in [0.15, 0.2) is 30.3 Å². The molecule has 4 nitrogen and oxygen atoms in total. The number of carbonyl (C=O) groups is 1. The number of nitrogens with zero attached hydrogens (tertiary/aromatic N) is 1. The maximum absolute atomic E-state index is 13.1. The Bertz CT molecular complexity index is 517. The van der Waals surface area contributed by atoms with E-state index in [1.807, 2.05) is 0 Å². The van der Waals surface area contributed by atoms with Gasteiger partial charge in [-0.2, -0.15) is 17.2 Å². The topological polar surface area (TPSA) is 54.5 Å². The van der Waals surface area contributed by atoms with Crippen LogP contribution >= 0.6 is 21.4 Å². The second kappa shape index (κ2) is 6.97. The Morgan fingerprint density at radius 2 is 1.58 bits per heavy atom. The Kier molecular flexibility index (Phi) is 6.61. The first-order valence-electron chi connectivity index (χ1n) is 4.50. The number of alkyl halides is 2. The van der Waals surface area contributed by atoms with Crippen LogP contribution in [-0.2, 0) is 19.1 Å². The molecule has 108 valence electrons. The molecule has 0 aliphatic heterocycles. The van der Waals surface area contributed by atoms with Crippen molar-refractivity contribution in [2.24, 2.45) is 0 Å². The van der Waals surface area contributed by atoms with Gasteiger partial charge in [0.05, 0.1) is 0 Å². The summed E-state index contributed by atoms with van der Waals surface area (Å²) in [6.45, 7) is 0.733. The summed E-state index contributed by atoms with van der Waals surface area (Å²) in [6.07, 6.45) is 0. The highest BCUT2D eigenvalue weighted by Gasteiger charge is 2.42. The summed E-state index contributed by atoms with van der Waals surface area (Å²) in [5.41, 5.74) is -0.558. The van der Waals surface area contributed by atoms with Gasteiger partial charge in [-0.25, -0.2) is 0 Å². The van der Waals surface area contributed by atoms with E-state index < -0.39 is 30.9 Å². The van der Waals surface area contributed by atoms with Gasteiger partial charge in [0.2, 0.25) is 0 Å². The molecule has 0 radical (unpaired) electrons. The summed E-state index contributed by atoms with van der Waals surface area (Å²) in [7, 11) is 4.81. The summed E-state index contributed by atoms with van der Waals surface area (Å²) in [4.78, 5) is 10.4. The molecule has 19 heavy (non-hydrogen) atoms. The molecule has 0 spiro atoms. The standard InChI is InChI=1S/C9H8F3NO.Cl2O2S/c1-7(14)13(12)9(10,11)8-5-3-2-4-6-8;1-5(2,3)4/h2-6H,1H3;. The van der Waals surface area contributed by atoms with Crippen LogP contribution in [0.25, 0.3) is 0 Å². The Balaban J connectivity index is 0.000000555. The molecule has 0 atom stereocenters. The molecule has 0 saturated heterocycles. The van der Waals surface area contributed by atoms with E-state index in [0.717, 1.165) is 19.1 Å². The highest BCUT2D eigenvalue weighted by atomic mass is 36.0. The predicted molar refractivity (Wildman–Crippen MR) is 64.6 cm³/mol. The van der Waals surface area contributed by atoms with E-state index in [0.29, 0.717) is 0 Å². The fraction of sp³-hybridized carbons (Fsp3) is 0.222. The number of carbonyl (C=O) groups excluding carboxylic acids is 1. The van der Waals surface area contributed by atoms with Crippen molar-refractivity contribution in [1.29, 1.82) is 0 Å². The van der Waals surface area contributed by atoms with Crippen LogP contribution < -0.4 is 0 Å². The second-order valence-corrected chi connectivity index (χ2v) is 6.75. The molecule has 1 amide bonds. The van der Waals surface area contributed by atoms with Crippen molar-refractivity contribution in [3.05, 3.63) is 35.9 Å². The van der Waals surface area contributed by atoms with E-state index in [1.165, 1.54) is 18.2 Å². The smallest absolute Gasteiger partial charge is 0.272 e. The Morgan fingerprint density at radius 3 is 1.89 bits per heavy atom. The normalized spacial score (nSPS) is 11.3. The van der Waals surface area contributed by atoms with Crippen molar-refractivity contribution >= 4 is 35.5 Å². The SMILES string of the molecule is CC(=O)N(F)C(F)(F)c1ccccc1.O=S(=O)(Cl)Cl. The third-order valence-electron chi connectivity index (χ3n) is 1.64.